The highest BCUT2D eigenvalue weighted by molar-refractivity contribution is 7.89. The smallest absolute Gasteiger partial charge is 0.212 e. The van der Waals surface area contributed by atoms with Gasteiger partial charge >= 0.3 is 0 Å². The summed E-state index contributed by atoms with van der Waals surface area (Å²) in [4.78, 5) is 0. The van der Waals surface area contributed by atoms with E-state index in [9.17, 15) is 8.42 Å². The van der Waals surface area contributed by atoms with Gasteiger partial charge in [-0.25, -0.2) is 13.1 Å². The molecule has 88 valence electrons. The minimum Gasteiger partial charge on any atom is -0.313 e. The molecule has 0 saturated heterocycles. The maximum absolute atomic E-state index is 11.6. The molecular formula is C10H20N2O2S. The van der Waals surface area contributed by atoms with Crippen molar-refractivity contribution in [3.63, 3.8) is 0 Å². The normalized spacial score (nSPS) is 24.1. The molecule has 0 atom stereocenters. The molecule has 2 N–H and O–H groups in total. The largest absolute Gasteiger partial charge is 0.313 e. The summed E-state index contributed by atoms with van der Waals surface area (Å²) in [6, 6.07) is 0.584. The third kappa shape index (κ3) is 4.09. The lowest BCUT2D eigenvalue weighted by Crippen LogP contribution is -2.35. The molecule has 0 unspecified atom stereocenters. The average Bonchev–Trinajstić information content (AvgIpc) is 3.01. The summed E-state index contributed by atoms with van der Waals surface area (Å²) in [5.41, 5.74) is 0.247. The predicted octanol–water partition coefficient (Wildman–Crippen LogP) is 0.458. The van der Waals surface area contributed by atoms with E-state index in [1.54, 1.807) is 0 Å². The molecule has 0 bridgehead atoms. The standard InChI is InChI=1S/C10H20N2O2S/c1-10(4-5-10)8-12-15(13,14)7-6-11-9-2-3-9/h9,11-12H,2-8H2,1H3. The zero-order valence-corrected chi connectivity index (χ0v) is 10.1. The van der Waals surface area contributed by atoms with Gasteiger partial charge < -0.3 is 5.32 Å². The number of sulfonamides is 1. The first-order chi connectivity index (χ1) is 6.99. The molecule has 0 aromatic carbocycles. The van der Waals surface area contributed by atoms with Gasteiger partial charge in [-0.05, 0) is 31.1 Å². The Kier molecular flexibility index (Phi) is 3.05. The van der Waals surface area contributed by atoms with Gasteiger partial charge in [-0.15, -0.1) is 0 Å². The molecule has 15 heavy (non-hydrogen) atoms. The summed E-state index contributed by atoms with van der Waals surface area (Å²) < 4.78 is 25.8. The van der Waals surface area contributed by atoms with E-state index in [0.29, 0.717) is 19.1 Å². The molecule has 2 rings (SSSR count). The fraction of sp³-hybridized carbons (Fsp3) is 1.00. The highest BCUT2D eigenvalue weighted by Crippen LogP contribution is 2.44. The van der Waals surface area contributed by atoms with Crippen LogP contribution in [0.25, 0.3) is 0 Å². The first-order valence-electron chi connectivity index (χ1n) is 5.70. The molecular weight excluding hydrogens is 212 g/mol. The summed E-state index contributed by atoms with van der Waals surface area (Å²) in [6.45, 7) is 3.31. The Hall–Kier alpha value is -0.130. The van der Waals surface area contributed by atoms with Crippen molar-refractivity contribution in [1.82, 2.24) is 10.0 Å². The molecule has 0 aliphatic heterocycles. The van der Waals surface area contributed by atoms with Crippen molar-refractivity contribution in [1.29, 1.82) is 0 Å². The van der Waals surface area contributed by atoms with Crippen LogP contribution >= 0.6 is 0 Å². The Balaban J connectivity index is 1.63. The van der Waals surface area contributed by atoms with Gasteiger partial charge in [-0.1, -0.05) is 6.92 Å². The van der Waals surface area contributed by atoms with Crippen molar-refractivity contribution < 1.29 is 8.42 Å². The summed E-state index contributed by atoms with van der Waals surface area (Å²) in [5, 5.41) is 3.21. The highest BCUT2D eigenvalue weighted by atomic mass is 32.2. The van der Waals surface area contributed by atoms with Gasteiger partial charge in [0.2, 0.25) is 10.0 Å². The van der Waals surface area contributed by atoms with Crippen molar-refractivity contribution >= 4 is 10.0 Å². The second-order valence-electron chi connectivity index (χ2n) is 5.18. The summed E-state index contributed by atoms with van der Waals surface area (Å²) in [6.07, 6.45) is 4.70. The summed E-state index contributed by atoms with van der Waals surface area (Å²) in [5.74, 6) is 0.208. The van der Waals surface area contributed by atoms with Crippen LogP contribution in [0.4, 0.5) is 0 Å². The van der Waals surface area contributed by atoms with E-state index in [0.717, 1.165) is 12.8 Å². The second kappa shape index (κ2) is 4.03. The van der Waals surface area contributed by atoms with Gasteiger partial charge in [0.05, 0.1) is 5.75 Å². The third-order valence-electron chi connectivity index (χ3n) is 3.20. The number of hydrogen-bond acceptors (Lipinski definition) is 3. The molecule has 0 spiro atoms. The van der Waals surface area contributed by atoms with Crippen molar-refractivity contribution in [2.75, 3.05) is 18.8 Å². The van der Waals surface area contributed by atoms with Gasteiger partial charge in [0.25, 0.3) is 0 Å². The Morgan fingerprint density at radius 1 is 1.33 bits per heavy atom. The highest BCUT2D eigenvalue weighted by Gasteiger charge is 2.37. The molecule has 0 aromatic heterocycles. The monoisotopic (exact) mass is 232 g/mol. The lowest BCUT2D eigenvalue weighted by molar-refractivity contribution is 0.528. The van der Waals surface area contributed by atoms with E-state index in [-0.39, 0.29) is 11.2 Å². The quantitative estimate of drug-likeness (QED) is 0.670. The Morgan fingerprint density at radius 2 is 2.00 bits per heavy atom. The number of hydrogen-bond donors (Lipinski definition) is 2. The Bertz CT molecular complexity index is 318. The molecule has 0 amide bonds. The first kappa shape index (κ1) is 11.4. The minimum absolute atomic E-state index is 0.208. The van der Waals surface area contributed by atoms with E-state index in [2.05, 4.69) is 17.0 Å². The van der Waals surface area contributed by atoms with Crippen LogP contribution in [0.15, 0.2) is 0 Å². The lowest BCUT2D eigenvalue weighted by Gasteiger charge is -2.10. The maximum atomic E-state index is 11.6. The van der Waals surface area contributed by atoms with E-state index in [4.69, 9.17) is 0 Å². The summed E-state index contributed by atoms with van der Waals surface area (Å²) >= 11 is 0. The van der Waals surface area contributed by atoms with E-state index < -0.39 is 10.0 Å². The van der Waals surface area contributed by atoms with E-state index in [1.807, 2.05) is 0 Å². The van der Waals surface area contributed by atoms with Gasteiger partial charge in [0.1, 0.15) is 0 Å². The topological polar surface area (TPSA) is 58.2 Å². The van der Waals surface area contributed by atoms with Crippen molar-refractivity contribution in [3.8, 4) is 0 Å². The molecule has 2 saturated carbocycles. The van der Waals surface area contributed by atoms with Gasteiger partial charge in [-0.3, -0.25) is 0 Å². The van der Waals surface area contributed by atoms with Crippen LogP contribution in [0.1, 0.15) is 32.6 Å². The average molecular weight is 232 g/mol. The molecule has 0 heterocycles. The van der Waals surface area contributed by atoms with Crippen molar-refractivity contribution in [2.24, 2.45) is 5.41 Å². The fourth-order valence-electron chi connectivity index (χ4n) is 1.43. The molecule has 0 aromatic rings. The minimum atomic E-state index is -3.06. The van der Waals surface area contributed by atoms with Crippen LogP contribution in [0, 0.1) is 5.41 Å². The van der Waals surface area contributed by atoms with Gasteiger partial charge in [0.15, 0.2) is 0 Å². The Labute approximate surface area is 91.9 Å². The van der Waals surface area contributed by atoms with Crippen molar-refractivity contribution in [3.05, 3.63) is 0 Å². The second-order valence-corrected chi connectivity index (χ2v) is 7.11. The molecule has 2 aliphatic carbocycles. The predicted molar refractivity (Wildman–Crippen MR) is 60.2 cm³/mol. The number of rotatable bonds is 7. The zero-order chi connectivity index (χ0) is 10.9. The van der Waals surface area contributed by atoms with Crippen LogP contribution in [0.2, 0.25) is 0 Å². The van der Waals surface area contributed by atoms with Crippen LogP contribution in [-0.2, 0) is 10.0 Å². The molecule has 4 nitrogen and oxygen atoms in total. The fourth-order valence-corrected chi connectivity index (χ4v) is 2.53. The van der Waals surface area contributed by atoms with Crippen LogP contribution in [0.3, 0.4) is 0 Å². The third-order valence-corrected chi connectivity index (χ3v) is 4.53. The van der Waals surface area contributed by atoms with Crippen LogP contribution in [0.5, 0.6) is 0 Å². The summed E-state index contributed by atoms with van der Waals surface area (Å²) in [7, 11) is -3.06. The van der Waals surface area contributed by atoms with E-state index in [1.165, 1.54) is 12.8 Å². The van der Waals surface area contributed by atoms with Crippen molar-refractivity contribution in [2.45, 2.75) is 38.6 Å². The molecule has 2 fully saturated rings. The molecule has 2 aliphatic rings. The lowest BCUT2D eigenvalue weighted by atomic mass is 10.2. The maximum Gasteiger partial charge on any atom is 0.212 e. The molecule has 0 radical (unpaired) electrons. The molecule has 5 heteroatoms. The SMILES string of the molecule is CC1(CNS(=O)(=O)CCNC2CC2)CC1. The van der Waals surface area contributed by atoms with Crippen LogP contribution in [-0.4, -0.2) is 33.3 Å². The zero-order valence-electron chi connectivity index (χ0n) is 9.25. The Morgan fingerprint density at radius 3 is 2.53 bits per heavy atom. The van der Waals surface area contributed by atoms with Gasteiger partial charge in [-0.2, -0.15) is 0 Å². The van der Waals surface area contributed by atoms with E-state index >= 15 is 0 Å². The first-order valence-corrected chi connectivity index (χ1v) is 7.35. The van der Waals surface area contributed by atoms with Gasteiger partial charge in [0, 0.05) is 19.1 Å². The van der Waals surface area contributed by atoms with Crippen LogP contribution < -0.4 is 10.0 Å². The number of nitrogens with one attached hydrogen (secondary N) is 2.